The van der Waals surface area contributed by atoms with Crippen LogP contribution in [0.4, 0.5) is 5.69 Å². The highest BCUT2D eigenvalue weighted by atomic mass is 15.3. The Hall–Kier alpha value is -1.06. The summed E-state index contributed by atoms with van der Waals surface area (Å²) in [7, 11) is 0. The average Bonchev–Trinajstić information content (AvgIpc) is 2.49. The zero-order chi connectivity index (χ0) is 14.7. The van der Waals surface area contributed by atoms with E-state index in [4.69, 9.17) is 0 Å². The lowest BCUT2D eigenvalue weighted by Gasteiger charge is -2.35. The van der Waals surface area contributed by atoms with Gasteiger partial charge in [-0.25, -0.2) is 0 Å². The highest BCUT2D eigenvalue weighted by molar-refractivity contribution is 5.54. The van der Waals surface area contributed by atoms with E-state index in [1.54, 1.807) is 0 Å². The SMILES string of the molecule is CC(C)CN1CCN(Cc2ccc3c(c2)CCCN3)CC1. The molecule has 1 saturated heterocycles. The van der Waals surface area contributed by atoms with Crippen LogP contribution in [0.25, 0.3) is 0 Å². The standard InChI is InChI=1S/C18H29N3/c1-15(2)13-20-8-10-21(11-9-20)14-16-5-6-18-17(12-16)4-3-7-19-18/h5-6,12,15,19H,3-4,7-11,13-14H2,1-2H3. The van der Waals surface area contributed by atoms with Gasteiger partial charge in [-0.2, -0.15) is 0 Å². The van der Waals surface area contributed by atoms with Crippen molar-refractivity contribution in [2.24, 2.45) is 5.92 Å². The molecule has 1 N–H and O–H groups in total. The molecule has 0 aromatic heterocycles. The van der Waals surface area contributed by atoms with Gasteiger partial charge in [-0.15, -0.1) is 0 Å². The number of rotatable bonds is 4. The number of nitrogens with zero attached hydrogens (tertiary/aromatic N) is 2. The molecule has 3 nitrogen and oxygen atoms in total. The predicted molar refractivity (Wildman–Crippen MR) is 89.8 cm³/mol. The number of hydrogen-bond donors (Lipinski definition) is 1. The molecule has 116 valence electrons. The molecule has 3 rings (SSSR count). The molecule has 1 aromatic carbocycles. The van der Waals surface area contributed by atoms with E-state index in [1.807, 2.05) is 0 Å². The minimum absolute atomic E-state index is 0.782. The quantitative estimate of drug-likeness (QED) is 0.918. The van der Waals surface area contributed by atoms with Gasteiger partial charge in [-0.3, -0.25) is 4.90 Å². The summed E-state index contributed by atoms with van der Waals surface area (Å²) in [6.45, 7) is 13.0. The number of aryl methyl sites for hydroxylation is 1. The fourth-order valence-corrected chi connectivity index (χ4v) is 3.53. The van der Waals surface area contributed by atoms with Crippen LogP contribution in [0.2, 0.25) is 0 Å². The molecule has 1 fully saturated rings. The van der Waals surface area contributed by atoms with Crippen molar-refractivity contribution in [3.63, 3.8) is 0 Å². The molecule has 2 heterocycles. The Morgan fingerprint density at radius 3 is 2.62 bits per heavy atom. The summed E-state index contributed by atoms with van der Waals surface area (Å²) in [5.41, 5.74) is 4.35. The predicted octanol–water partition coefficient (Wildman–Crippen LogP) is 2.82. The van der Waals surface area contributed by atoms with Crippen LogP contribution in [-0.2, 0) is 13.0 Å². The third kappa shape index (κ3) is 3.98. The van der Waals surface area contributed by atoms with Crippen LogP contribution in [-0.4, -0.2) is 49.1 Å². The van der Waals surface area contributed by atoms with Gasteiger partial charge in [0.15, 0.2) is 0 Å². The number of anilines is 1. The van der Waals surface area contributed by atoms with E-state index in [1.165, 1.54) is 62.4 Å². The number of piperazine rings is 1. The molecule has 2 aliphatic heterocycles. The molecular formula is C18H29N3. The minimum Gasteiger partial charge on any atom is -0.385 e. The summed E-state index contributed by atoms with van der Waals surface area (Å²) < 4.78 is 0. The van der Waals surface area contributed by atoms with Gasteiger partial charge >= 0.3 is 0 Å². The van der Waals surface area contributed by atoms with Crippen molar-refractivity contribution in [3.8, 4) is 0 Å². The molecule has 2 aliphatic rings. The third-order valence-electron chi connectivity index (χ3n) is 4.60. The van der Waals surface area contributed by atoms with E-state index in [9.17, 15) is 0 Å². The van der Waals surface area contributed by atoms with Gasteiger partial charge in [0.1, 0.15) is 0 Å². The van der Waals surface area contributed by atoms with E-state index in [0.29, 0.717) is 0 Å². The Kier molecular flexibility index (Phi) is 4.81. The van der Waals surface area contributed by atoms with Gasteiger partial charge in [0.2, 0.25) is 0 Å². The number of nitrogens with one attached hydrogen (secondary N) is 1. The van der Waals surface area contributed by atoms with E-state index in [0.717, 1.165) is 19.0 Å². The van der Waals surface area contributed by atoms with Crippen molar-refractivity contribution in [1.82, 2.24) is 9.80 Å². The zero-order valence-electron chi connectivity index (χ0n) is 13.6. The number of fused-ring (bicyclic) bond motifs is 1. The fraction of sp³-hybridized carbons (Fsp3) is 0.667. The molecule has 0 aliphatic carbocycles. The molecule has 0 atom stereocenters. The molecule has 0 amide bonds. The van der Waals surface area contributed by atoms with Gasteiger partial charge in [0, 0.05) is 51.5 Å². The van der Waals surface area contributed by atoms with E-state index in [-0.39, 0.29) is 0 Å². The van der Waals surface area contributed by atoms with Crippen molar-refractivity contribution in [2.75, 3.05) is 44.6 Å². The monoisotopic (exact) mass is 287 g/mol. The highest BCUT2D eigenvalue weighted by Gasteiger charge is 2.18. The van der Waals surface area contributed by atoms with Gasteiger partial charge < -0.3 is 10.2 Å². The summed E-state index contributed by atoms with van der Waals surface area (Å²) in [5, 5.41) is 3.50. The average molecular weight is 287 g/mol. The van der Waals surface area contributed by atoms with Crippen molar-refractivity contribution in [1.29, 1.82) is 0 Å². The molecule has 0 saturated carbocycles. The maximum atomic E-state index is 3.50. The normalized spacial score (nSPS) is 20.3. The molecule has 1 aromatic rings. The molecule has 21 heavy (non-hydrogen) atoms. The topological polar surface area (TPSA) is 18.5 Å². The summed E-state index contributed by atoms with van der Waals surface area (Å²) in [5.74, 6) is 0.782. The third-order valence-corrected chi connectivity index (χ3v) is 4.60. The Morgan fingerprint density at radius 1 is 1.10 bits per heavy atom. The lowest BCUT2D eigenvalue weighted by molar-refractivity contribution is 0.117. The second-order valence-corrected chi connectivity index (χ2v) is 6.99. The van der Waals surface area contributed by atoms with Crippen LogP contribution >= 0.6 is 0 Å². The molecule has 3 heteroatoms. The largest absolute Gasteiger partial charge is 0.385 e. The Morgan fingerprint density at radius 2 is 1.86 bits per heavy atom. The van der Waals surface area contributed by atoms with Gasteiger partial charge in [-0.05, 0) is 36.0 Å². The van der Waals surface area contributed by atoms with Crippen molar-refractivity contribution in [2.45, 2.75) is 33.2 Å². The number of benzene rings is 1. The van der Waals surface area contributed by atoms with E-state index in [2.05, 4.69) is 47.2 Å². The Labute approximate surface area is 129 Å². The van der Waals surface area contributed by atoms with Crippen molar-refractivity contribution < 1.29 is 0 Å². The lowest BCUT2D eigenvalue weighted by Crippen LogP contribution is -2.46. The second-order valence-electron chi connectivity index (χ2n) is 6.99. The van der Waals surface area contributed by atoms with Crippen molar-refractivity contribution in [3.05, 3.63) is 29.3 Å². The van der Waals surface area contributed by atoms with Gasteiger partial charge in [0.05, 0.1) is 0 Å². The summed E-state index contributed by atoms with van der Waals surface area (Å²) in [4.78, 5) is 5.22. The first-order chi connectivity index (χ1) is 10.2. The van der Waals surface area contributed by atoms with Gasteiger partial charge in [-0.1, -0.05) is 26.0 Å². The summed E-state index contributed by atoms with van der Waals surface area (Å²) in [6.07, 6.45) is 2.50. The van der Waals surface area contributed by atoms with Crippen LogP contribution in [0.15, 0.2) is 18.2 Å². The summed E-state index contributed by atoms with van der Waals surface area (Å²) >= 11 is 0. The molecule has 0 radical (unpaired) electrons. The number of hydrogen-bond acceptors (Lipinski definition) is 3. The van der Waals surface area contributed by atoms with Crippen LogP contribution in [0, 0.1) is 5.92 Å². The molecule has 0 spiro atoms. The second kappa shape index (κ2) is 6.80. The maximum Gasteiger partial charge on any atom is 0.0372 e. The Bertz CT molecular complexity index is 462. The van der Waals surface area contributed by atoms with Crippen LogP contribution < -0.4 is 5.32 Å². The molecular weight excluding hydrogens is 258 g/mol. The lowest BCUT2D eigenvalue weighted by atomic mass is 10.0. The Balaban J connectivity index is 1.53. The zero-order valence-corrected chi connectivity index (χ0v) is 13.6. The van der Waals surface area contributed by atoms with Crippen molar-refractivity contribution >= 4 is 5.69 Å². The maximum absolute atomic E-state index is 3.50. The smallest absolute Gasteiger partial charge is 0.0372 e. The van der Waals surface area contributed by atoms with Crippen LogP contribution in [0.5, 0.6) is 0 Å². The fourth-order valence-electron chi connectivity index (χ4n) is 3.53. The van der Waals surface area contributed by atoms with E-state index >= 15 is 0 Å². The minimum atomic E-state index is 0.782. The molecule has 0 unspecified atom stereocenters. The highest BCUT2D eigenvalue weighted by Crippen LogP contribution is 2.23. The first-order valence-electron chi connectivity index (χ1n) is 8.51. The first kappa shape index (κ1) is 14.9. The summed E-state index contributed by atoms with van der Waals surface area (Å²) in [6, 6.07) is 7.00. The van der Waals surface area contributed by atoms with Gasteiger partial charge in [0.25, 0.3) is 0 Å². The molecule has 0 bridgehead atoms. The van der Waals surface area contributed by atoms with Crippen LogP contribution in [0.1, 0.15) is 31.4 Å². The van der Waals surface area contributed by atoms with E-state index < -0.39 is 0 Å². The van der Waals surface area contributed by atoms with Crippen LogP contribution in [0.3, 0.4) is 0 Å². The first-order valence-corrected chi connectivity index (χ1v) is 8.51.